The van der Waals surface area contributed by atoms with Crippen LogP contribution in [0.15, 0.2) is 27.1 Å². The second kappa shape index (κ2) is 4.94. The van der Waals surface area contributed by atoms with E-state index in [2.05, 4.69) is 62.8 Å². The van der Waals surface area contributed by atoms with E-state index in [1.165, 1.54) is 0 Å². The molecule has 2 rings (SSSR count). The Labute approximate surface area is 128 Å². The first-order valence-corrected chi connectivity index (χ1v) is 7.34. The predicted octanol–water partition coefficient (Wildman–Crippen LogP) is 4.74. The first-order valence-electron chi connectivity index (χ1n) is 5.37. The Morgan fingerprint density at radius 1 is 1.17 bits per heavy atom. The van der Waals surface area contributed by atoms with E-state index in [0.717, 1.165) is 20.5 Å². The molecule has 18 heavy (non-hydrogen) atoms. The van der Waals surface area contributed by atoms with Crippen LogP contribution in [0.1, 0.15) is 26.6 Å². The van der Waals surface area contributed by atoms with Crippen LogP contribution in [0, 0.1) is 0 Å². The number of halogens is 3. The molecule has 0 saturated heterocycles. The molecule has 0 fully saturated rings. The summed E-state index contributed by atoms with van der Waals surface area (Å²) in [6, 6.07) is 5.90. The summed E-state index contributed by atoms with van der Waals surface area (Å²) in [5.41, 5.74) is 0.797. The number of rotatable bonds is 1. The summed E-state index contributed by atoms with van der Waals surface area (Å²) in [4.78, 5) is 0. The van der Waals surface area contributed by atoms with Crippen molar-refractivity contribution in [1.82, 2.24) is 14.8 Å². The molecule has 96 valence electrons. The van der Waals surface area contributed by atoms with Gasteiger partial charge in [-0.15, -0.1) is 10.2 Å². The molecule has 0 aliphatic heterocycles. The van der Waals surface area contributed by atoms with E-state index in [4.69, 9.17) is 11.6 Å². The van der Waals surface area contributed by atoms with E-state index in [0.29, 0.717) is 5.28 Å². The van der Waals surface area contributed by atoms with Crippen molar-refractivity contribution in [2.45, 2.75) is 26.2 Å². The summed E-state index contributed by atoms with van der Waals surface area (Å²) in [5, 5.41) is 8.51. The van der Waals surface area contributed by atoms with Gasteiger partial charge in [0.05, 0.1) is 5.69 Å². The molecule has 0 N–H and O–H groups in total. The van der Waals surface area contributed by atoms with Crippen LogP contribution < -0.4 is 0 Å². The fourth-order valence-electron chi connectivity index (χ4n) is 1.63. The maximum absolute atomic E-state index is 6.15. The van der Waals surface area contributed by atoms with Gasteiger partial charge in [-0.2, -0.15) is 0 Å². The minimum Gasteiger partial charge on any atom is -0.268 e. The van der Waals surface area contributed by atoms with Crippen molar-refractivity contribution < 1.29 is 0 Å². The van der Waals surface area contributed by atoms with Crippen LogP contribution in [-0.2, 0) is 5.41 Å². The standard InChI is InChI=1S/C12H12Br2ClN3/c1-12(2,3)10-16-17-11(15)18(10)9-5-4-7(13)6-8(9)14/h4-6H,1-3H3. The molecule has 1 aromatic heterocycles. The SMILES string of the molecule is CC(C)(C)c1nnc(Cl)n1-c1ccc(Br)cc1Br. The fraction of sp³-hybridized carbons (Fsp3) is 0.333. The van der Waals surface area contributed by atoms with Crippen molar-refractivity contribution >= 4 is 43.5 Å². The van der Waals surface area contributed by atoms with Gasteiger partial charge in [0.25, 0.3) is 0 Å². The molecule has 0 saturated carbocycles. The number of benzene rings is 1. The van der Waals surface area contributed by atoms with Crippen LogP contribution in [0.3, 0.4) is 0 Å². The highest BCUT2D eigenvalue weighted by Crippen LogP contribution is 2.31. The Morgan fingerprint density at radius 2 is 1.83 bits per heavy atom. The van der Waals surface area contributed by atoms with Gasteiger partial charge < -0.3 is 0 Å². The molecule has 2 aromatic rings. The van der Waals surface area contributed by atoms with Crippen LogP contribution in [0.2, 0.25) is 5.28 Å². The molecule has 0 amide bonds. The van der Waals surface area contributed by atoms with E-state index in [9.17, 15) is 0 Å². The molecule has 0 bridgehead atoms. The summed E-state index contributed by atoms with van der Waals surface area (Å²) < 4.78 is 3.79. The third-order valence-corrected chi connectivity index (χ3v) is 3.82. The number of hydrogen-bond donors (Lipinski definition) is 0. The second-order valence-corrected chi connectivity index (χ2v) is 7.08. The van der Waals surface area contributed by atoms with Crippen molar-refractivity contribution in [2.24, 2.45) is 0 Å². The third-order valence-electron chi connectivity index (χ3n) is 2.45. The van der Waals surface area contributed by atoms with Gasteiger partial charge in [0.2, 0.25) is 5.28 Å². The first-order chi connectivity index (χ1) is 8.30. The van der Waals surface area contributed by atoms with Crippen LogP contribution in [-0.4, -0.2) is 14.8 Å². The molecule has 0 atom stereocenters. The minimum atomic E-state index is -0.132. The average molecular weight is 394 g/mol. The van der Waals surface area contributed by atoms with Gasteiger partial charge in [0, 0.05) is 14.4 Å². The van der Waals surface area contributed by atoms with E-state index < -0.39 is 0 Å². The molecule has 1 aromatic carbocycles. The number of hydrogen-bond acceptors (Lipinski definition) is 2. The summed E-state index contributed by atoms with van der Waals surface area (Å²) in [5.74, 6) is 0.829. The smallest absolute Gasteiger partial charge is 0.229 e. The predicted molar refractivity (Wildman–Crippen MR) is 80.5 cm³/mol. The van der Waals surface area contributed by atoms with Crippen molar-refractivity contribution in [1.29, 1.82) is 0 Å². The highest BCUT2D eigenvalue weighted by molar-refractivity contribution is 9.11. The van der Waals surface area contributed by atoms with E-state index >= 15 is 0 Å². The van der Waals surface area contributed by atoms with Gasteiger partial charge in [-0.3, -0.25) is 4.57 Å². The Hall–Kier alpha value is -0.390. The van der Waals surface area contributed by atoms with Crippen LogP contribution in [0.5, 0.6) is 0 Å². The molecular weight excluding hydrogens is 381 g/mol. The maximum Gasteiger partial charge on any atom is 0.229 e. The lowest BCUT2D eigenvalue weighted by Gasteiger charge is -2.19. The van der Waals surface area contributed by atoms with Gasteiger partial charge in [0.1, 0.15) is 5.82 Å². The van der Waals surface area contributed by atoms with Crippen LogP contribution in [0.4, 0.5) is 0 Å². The average Bonchev–Trinajstić information content (AvgIpc) is 2.60. The Balaban J connectivity index is 2.67. The summed E-state index contributed by atoms with van der Waals surface area (Å²) in [7, 11) is 0. The van der Waals surface area contributed by atoms with Crippen molar-refractivity contribution in [2.75, 3.05) is 0 Å². The van der Waals surface area contributed by atoms with Gasteiger partial charge in [-0.25, -0.2) is 0 Å². The van der Waals surface area contributed by atoms with Gasteiger partial charge >= 0.3 is 0 Å². The molecule has 6 heteroatoms. The van der Waals surface area contributed by atoms with E-state index in [1.807, 2.05) is 22.8 Å². The molecule has 3 nitrogen and oxygen atoms in total. The zero-order valence-electron chi connectivity index (χ0n) is 10.2. The third kappa shape index (κ3) is 2.63. The molecule has 1 heterocycles. The monoisotopic (exact) mass is 391 g/mol. The Kier molecular flexibility index (Phi) is 3.85. The topological polar surface area (TPSA) is 30.7 Å². The molecule has 0 spiro atoms. The minimum absolute atomic E-state index is 0.132. The zero-order valence-corrected chi connectivity index (χ0v) is 14.1. The van der Waals surface area contributed by atoms with Crippen LogP contribution >= 0.6 is 43.5 Å². The zero-order chi connectivity index (χ0) is 13.5. The molecule has 0 radical (unpaired) electrons. The van der Waals surface area contributed by atoms with Gasteiger partial charge in [0.15, 0.2) is 0 Å². The lowest BCUT2D eigenvalue weighted by molar-refractivity contribution is 0.533. The van der Waals surface area contributed by atoms with E-state index in [-0.39, 0.29) is 5.41 Å². The second-order valence-electron chi connectivity index (χ2n) is 4.97. The van der Waals surface area contributed by atoms with Gasteiger partial charge in [-0.1, -0.05) is 36.7 Å². The number of nitrogens with zero attached hydrogens (tertiary/aromatic N) is 3. The lowest BCUT2D eigenvalue weighted by Crippen LogP contribution is -2.18. The fourth-order valence-corrected chi connectivity index (χ4v) is 3.06. The van der Waals surface area contributed by atoms with E-state index in [1.54, 1.807) is 0 Å². The summed E-state index contributed by atoms with van der Waals surface area (Å²) in [6.45, 7) is 6.24. The van der Waals surface area contributed by atoms with Crippen molar-refractivity contribution in [3.63, 3.8) is 0 Å². The molecule has 0 aliphatic carbocycles. The normalized spacial score (nSPS) is 11.9. The van der Waals surface area contributed by atoms with Gasteiger partial charge in [-0.05, 0) is 45.7 Å². The van der Waals surface area contributed by atoms with Crippen molar-refractivity contribution in [3.05, 3.63) is 38.3 Å². The maximum atomic E-state index is 6.15. The lowest BCUT2D eigenvalue weighted by atomic mass is 9.95. The van der Waals surface area contributed by atoms with Crippen molar-refractivity contribution in [3.8, 4) is 5.69 Å². The Bertz CT molecular complexity index is 587. The quantitative estimate of drug-likeness (QED) is 0.700. The highest BCUT2D eigenvalue weighted by atomic mass is 79.9. The summed E-state index contributed by atoms with van der Waals surface area (Å²) in [6.07, 6.45) is 0. The largest absolute Gasteiger partial charge is 0.268 e. The molecule has 0 aliphatic rings. The molecule has 0 unspecified atom stereocenters. The van der Waals surface area contributed by atoms with Crippen LogP contribution in [0.25, 0.3) is 5.69 Å². The first kappa shape index (κ1) is 14.0. The summed E-state index contributed by atoms with van der Waals surface area (Å²) >= 11 is 13.1. The highest BCUT2D eigenvalue weighted by Gasteiger charge is 2.25. The molecular formula is C12H12Br2ClN3. The Morgan fingerprint density at radius 3 is 2.39 bits per heavy atom. The number of aromatic nitrogens is 3.